The molecular formula is C12H11N3. The van der Waals surface area contributed by atoms with Crippen molar-refractivity contribution < 1.29 is 0 Å². The summed E-state index contributed by atoms with van der Waals surface area (Å²) in [5.41, 5.74) is 2.29. The molecule has 0 unspecified atom stereocenters. The Kier molecular flexibility index (Phi) is 2.74. The topological polar surface area (TPSA) is 48.8 Å². The molecule has 0 fully saturated rings. The summed E-state index contributed by atoms with van der Waals surface area (Å²) in [4.78, 5) is 3.99. The van der Waals surface area contributed by atoms with Crippen LogP contribution >= 0.6 is 0 Å². The lowest BCUT2D eigenvalue weighted by Gasteiger charge is -2.05. The number of pyridine rings is 1. The predicted octanol–water partition coefficient (Wildman–Crippen LogP) is 2.52. The van der Waals surface area contributed by atoms with Crippen molar-refractivity contribution in [2.75, 3.05) is 5.32 Å². The molecule has 0 radical (unpaired) electrons. The van der Waals surface area contributed by atoms with Gasteiger partial charge < -0.3 is 10.7 Å². The Morgan fingerprint density at radius 3 is 2.87 bits per heavy atom. The largest absolute Gasteiger partial charge is 0.360 e. The molecule has 0 aliphatic heterocycles. The van der Waals surface area contributed by atoms with Gasteiger partial charge in [0.2, 0.25) is 0 Å². The third-order valence-electron chi connectivity index (χ3n) is 2.02. The molecule has 1 heterocycles. The van der Waals surface area contributed by atoms with Crippen molar-refractivity contribution in [3.63, 3.8) is 0 Å². The summed E-state index contributed by atoms with van der Waals surface area (Å²) in [6.45, 7) is 0. The normalized spacial score (nSPS) is 17.1. The van der Waals surface area contributed by atoms with Crippen molar-refractivity contribution in [3.8, 4) is 0 Å². The summed E-state index contributed by atoms with van der Waals surface area (Å²) in [6, 6.07) is 3.79. The van der Waals surface area contributed by atoms with E-state index in [4.69, 9.17) is 5.41 Å². The Labute approximate surface area is 88.4 Å². The fourth-order valence-electron chi connectivity index (χ4n) is 1.23. The lowest BCUT2D eigenvalue weighted by molar-refractivity contribution is 1.32. The quantitative estimate of drug-likeness (QED) is 0.765. The third kappa shape index (κ3) is 2.40. The molecule has 2 N–H and O–H groups in total. The van der Waals surface area contributed by atoms with Gasteiger partial charge in [0.25, 0.3) is 0 Å². The zero-order valence-corrected chi connectivity index (χ0v) is 8.14. The first kappa shape index (κ1) is 9.40. The van der Waals surface area contributed by atoms with Gasteiger partial charge in [-0.1, -0.05) is 18.2 Å². The van der Waals surface area contributed by atoms with Crippen LogP contribution in [0.25, 0.3) is 0 Å². The number of hydrogen-bond acceptors (Lipinski definition) is 3. The summed E-state index contributed by atoms with van der Waals surface area (Å²) in [7, 11) is 0. The second-order valence-corrected chi connectivity index (χ2v) is 3.12. The first-order valence-electron chi connectivity index (χ1n) is 4.67. The van der Waals surface area contributed by atoms with E-state index < -0.39 is 0 Å². The molecule has 0 saturated carbocycles. The van der Waals surface area contributed by atoms with E-state index in [-0.39, 0.29) is 0 Å². The summed E-state index contributed by atoms with van der Waals surface area (Å²) in [5, 5.41) is 10.7. The first-order valence-corrected chi connectivity index (χ1v) is 4.67. The third-order valence-corrected chi connectivity index (χ3v) is 2.02. The lowest BCUT2D eigenvalue weighted by Crippen LogP contribution is -2.00. The molecule has 1 aliphatic rings. The highest BCUT2D eigenvalue weighted by Crippen LogP contribution is 2.09. The number of anilines is 1. The highest BCUT2D eigenvalue weighted by molar-refractivity contribution is 6.09. The molecule has 74 valence electrons. The van der Waals surface area contributed by atoms with E-state index in [1.807, 2.05) is 30.4 Å². The maximum Gasteiger partial charge on any atom is 0.0626 e. The number of rotatable bonds is 2. The van der Waals surface area contributed by atoms with Crippen molar-refractivity contribution in [2.45, 2.75) is 0 Å². The Morgan fingerprint density at radius 1 is 1.27 bits per heavy atom. The molecule has 1 aliphatic carbocycles. The van der Waals surface area contributed by atoms with Crippen LogP contribution in [-0.4, -0.2) is 10.7 Å². The van der Waals surface area contributed by atoms with Crippen LogP contribution < -0.4 is 5.32 Å². The fourth-order valence-corrected chi connectivity index (χ4v) is 1.23. The van der Waals surface area contributed by atoms with Crippen LogP contribution in [0.1, 0.15) is 0 Å². The summed E-state index contributed by atoms with van der Waals surface area (Å²) in [5.74, 6) is 0. The number of hydrogen-bond donors (Lipinski definition) is 2. The van der Waals surface area contributed by atoms with Gasteiger partial charge in [0, 0.05) is 18.0 Å². The first-order chi connectivity index (χ1) is 7.36. The summed E-state index contributed by atoms with van der Waals surface area (Å²) < 4.78 is 0. The van der Waals surface area contributed by atoms with E-state index in [9.17, 15) is 0 Å². The second kappa shape index (κ2) is 4.37. The van der Waals surface area contributed by atoms with Crippen molar-refractivity contribution in [3.05, 3.63) is 60.6 Å². The average molecular weight is 197 g/mol. The van der Waals surface area contributed by atoms with Gasteiger partial charge in [0.1, 0.15) is 0 Å². The molecule has 3 nitrogen and oxygen atoms in total. The number of nitrogens with zero attached hydrogens (tertiary/aromatic N) is 1. The van der Waals surface area contributed by atoms with Gasteiger partial charge in [0.05, 0.1) is 17.6 Å². The van der Waals surface area contributed by atoms with Gasteiger partial charge in [-0.15, -0.1) is 0 Å². The van der Waals surface area contributed by atoms with Crippen molar-refractivity contribution >= 4 is 11.4 Å². The SMILES string of the molecule is N=C1C=CC=C/C1=C/Nc1cccnc1. The highest BCUT2D eigenvalue weighted by Gasteiger charge is 2.00. The summed E-state index contributed by atoms with van der Waals surface area (Å²) >= 11 is 0. The van der Waals surface area contributed by atoms with Crippen LogP contribution in [0, 0.1) is 5.41 Å². The Balaban J connectivity index is 2.09. The van der Waals surface area contributed by atoms with Crippen LogP contribution in [0.15, 0.2) is 60.6 Å². The predicted molar refractivity (Wildman–Crippen MR) is 61.9 cm³/mol. The van der Waals surface area contributed by atoms with E-state index in [1.165, 1.54) is 0 Å². The van der Waals surface area contributed by atoms with Crippen molar-refractivity contribution in [2.24, 2.45) is 0 Å². The number of aromatic nitrogens is 1. The Bertz CT molecular complexity index is 441. The maximum atomic E-state index is 7.65. The van der Waals surface area contributed by atoms with Gasteiger partial charge in [-0.3, -0.25) is 4.98 Å². The average Bonchev–Trinajstić information content (AvgIpc) is 2.29. The van der Waals surface area contributed by atoms with Crippen LogP contribution in [0.4, 0.5) is 5.69 Å². The lowest BCUT2D eigenvalue weighted by atomic mass is 10.1. The molecule has 0 spiro atoms. The van der Waals surface area contributed by atoms with Crippen LogP contribution in [0.3, 0.4) is 0 Å². The van der Waals surface area contributed by atoms with E-state index in [1.54, 1.807) is 24.7 Å². The van der Waals surface area contributed by atoms with E-state index in [0.29, 0.717) is 5.71 Å². The van der Waals surface area contributed by atoms with Gasteiger partial charge in [-0.05, 0) is 18.2 Å². The van der Waals surface area contributed by atoms with E-state index >= 15 is 0 Å². The molecule has 1 aromatic heterocycles. The molecular weight excluding hydrogens is 186 g/mol. The van der Waals surface area contributed by atoms with Crippen LogP contribution in [0.5, 0.6) is 0 Å². The molecule has 0 saturated heterocycles. The monoisotopic (exact) mass is 197 g/mol. The Hall–Kier alpha value is -2.16. The minimum absolute atomic E-state index is 0.508. The fraction of sp³-hybridized carbons (Fsp3) is 0. The smallest absolute Gasteiger partial charge is 0.0626 e. The number of allylic oxidation sites excluding steroid dienone is 5. The standard InChI is InChI=1S/C12H11N3/c13-12-6-2-1-4-10(12)8-15-11-5-3-7-14-9-11/h1-9,13,15H/b10-8-,13-12?. The molecule has 1 aromatic rings. The summed E-state index contributed by atoms with van der Waals surface area (Å²) in [6.07, 6.45) is 12.7. The minimum atomic E-state index is 0.508. The highest BCUT2D eigenvalue weighted by atomic mass is 14.9. The van der Waals surface area contributed by atoms with Crippen molar-refractivity contribution in [1.29, 1.82) is 5.41 Å². The van der Waals surface area contributed by atoms with Gasteiger partial charge in [-0.25, -0.2) is 0 Å². The molecule has 0 aromatic carbocycles. The maximum absolute atomic E-state index is 7.65. The van der Waals surface area contributed by atoms with Crippen LogP contribution in [0.2, 0.25) is 0 Å². The molecule has 0 bridgehead atoms. The zero-order chi connectivity index (χ0) is 10.5. The molecule has 0 atom stereocenters. The molecule has 3 heteroatoms. The van der Waals surface area contributed by atoms with Crippen LogP contribution in [-0.2, 0) is 0 Å². The zero-order valence-electron chi connectivity index (χ0n) is 8.14. The van der Waals surface area contributed by atoms with Gasteiger partial charge in [-0.2, -0.15) is 0 Å². The van der Waals surface area contributed by atoms with E-state index in [0.717, 1.165) is 11.3 Å². The minimum Gasteiger partial charge on any atom is -0.360 e. The van der Waals surface area contributed by atoms with Crippen molar-refractivity contribution in [1.82, 2.24) is 4.98 Å². The van der Waals surface area contributed by atoms with E-state index in [2.05, 4.69) is 10.3 Å². The molecule has 0 amide bonds. The Morgan fingerprint density at radius 2 is 2.13 bits per heavy atom. The second-order valence-electron chi connectivity index (χ2n) is 3.12. The molecule has 2 rings (SSSR count). The number of nitrogens with one attached hydrogen (secondary N) is 2. The van der Waals surface area contributed by atoms with Gasteiger partial charge >= 0.3 is 0 Å². The van der Waals surface area contributed by atoms with Gasteiger partial charge in [0.15, 0.2) is 0 Å². The molecule has 15 heavy (non-hydrogen) atoms.